The lowest BCUT2D eigenvalue weighted by Gasteiger charge is -2.33. The van der Waals surface area contributed by atoms with Crippen LogP contribution in [0.2, 0.25) is 0 Å². The van der Waals surface area contributed by atoms with E-state index in [1.807, 2.05) is 0 Å². The van der Waals surface area contributed by atoms with E-state index in [2.05, 4.69) is 32.0 Å². The third-order valence-corrected chi connectivity index (χ3v) is 9.65. The molecule has 0 aliphatic rings. The van der Waals surface area contributed by atoms with Crippen molar-refractivity contribution in [1.29, 1.82) is 0 Å². The fourth-order valence-corrected chi connectivity index (χ4v) is 6.24. The van der Waals surface area contributed by atoms with Crippen LogP contribution in [0.15, 0.2) is 0 Å². The summed E-state index contributed by atoms with van der Waals surface area (Å²) in [5.41, 5.74) is 0. The molecular weight excluding hydrogens is 554 g/mol. The second kappa shape index (κ2) is 34.7. The number of hydrogen-bond donors (Lipinski definition) is 0. The molecular formula is C37H79NO4S. The maximum absolute atomic E-state index is 9.45. The van der Waals surface area contributed by atoms with Gasteiger partial charge in [-0.05, 0) is 39.5 Å². The normalized spacial score (nSPS) is 12.0. The predicted molar refractivity (Wildman–Crippen MR) is 188 cm³/mol. The van der Waals surface area contributed by atoms with Gasteiger partial charge in [-0.15, -0.1) is 0 Å². The van der Waals surface area contributed by atoms with Crippen LogP contribution >= 0.6 is 0 Å². The van der Waals surface area contributed by atoms with E-state index in [1.165, 1.54) is 211 Å². The summed E-state index contributed by atoms with van der Waals surface area (Å²) in [5.74, 6) is 0. The zero-order chi connectivity index (χ0) is 32.3. The van der Waals surface area contributed by atoms with E-state index in [1.54, 1.807) is 0 Å². The minimum Gasteiger partial charge on any atom is -0.726 e. The molecule has 0 amide bonds. The molecule has 0 N–H and O–H groups in total. The highest BCUT2D eigenvalue weighted by Crippen LogP contribution is 2.16. The van der Waals surface area contributed by atoms with E-state index in [0.29, 0.717) is 0 Å². The number of nitrogens with zero attached hydrogens (tertiary/aromatic N) is 1. The highest BCUT2D eigenvalue weighted by molar-refractivity contribution is 7.80. The van der Waals surface area contributed by atoms with Crippen LogP contribution in [0.25, 0.3) is 0 Å². The van der Waals surface area contributed by atoms with E-state index in [0.717, 1.165) is 0 Å². The maximum Gasteiger partial charge on any atom is 0.217 e. The third-order valence-electron chi connectivity index (χ3n) is 9.13. The number of hydrogen-bond acceptors (Lipinski definition) is 4. The summed E-state index contributed by atoms with van der Waals surface area (Å²) >= 11 is 0. The van der Waals surface area contributed by atoms with Gasteiger partial charge in [-0.1, -0.05) is 168 Å². The van der Waals surface area contributed by atoms with Gasteiger partial charge in [0.05, 0.1) is 33.3 Å². The lowest BCUT2D eigenvalue weighted by Crippen LogP contribution is -2.45. The van der Waals surface area contributed by atoms with Crippen molar-refractivity contribution in [3.63, 3.8) is 0 Å². The summed E-state index contributed by atoms with van der Waals surface area (Å²) in [6.45, 7) is 12.5. The summed E-state index contributed by atoms with van der Waals surface area (Å²) in [7, 11) is -1.91. The molecule has 0 saturated carbocycles. The van der Waals surface area contributed by atoms with Crippen LogP contribution in [0.5, 0.6) is 0 Å². The molecule has 43 heavy (non-hydrogen) atoms. The molecule has 0 aromatic heterocycles. The Kier molecular flexibility index (Phi) is 36.3. The molecule has 0 atom stereocenters. The van der Waals surface area contributed by atoms with Crippen molar-refractivity contribution in [2.24, 2.45) is 0 Å². The van der Waals surface area contributed by atoms with Crippen molar-refractivity contribution in [2.45, 2.75) is 207 Å². The van der Waals surface area contributed by atoms with Crippen LogP contribution in [0.4, 0.5) is 0 Å². The van der Waals surface area contributed by atoms with E-state index in [9.17, 15) is 13.0 Å². The first kappa shape index (κ1) is 45.0. The molecule has 0 spiro atoms. The summed E-state index contributed by atoms with van der Waals surface area (Å²) in [6, 6.07) is 0. The summed E-state index contributed by atoms with van der Waals surface area (Å²) in [5, 5.41) is 0. The standard InChI is InChI=1S/C35H74N.C2H6O4S/c1-5-8-10-12-14-16-18-20-22-24-26-28-30-32-34-36(4,7-3)35-33-31-29-27-25-23-21-19-17-15-13-11-9-6-2;1-2-6-7(3,4)5/h5-35H2,1-4H3;2H2,1H3,(H,3,4,5)/q+1;/p-1. The van der Waals surface area contributed by atoms with Gasteiger partial charge < -0.3 is 9.04 Å². The quantitative estimate of drug-likeness (QED) is 0.0312. The van der Waals surface area contributed by atoms with Crippen LogP contribution < -0.4 is 0 Å². The first-order chi connectivity index (χ1) is 20.7. The molecule has 0 heterocycles. The van der Waals surface area contributed by atoms with Gasteiger partial charge in [0.15, 0.2) is 0 Å². The Morgan fingerprint density at radius 1 is 0.442 bits per heavy atom. The average Bonchev–Trinajstić information content (AvgIpc) is 2.97. The molecule has 0 unspecified atom stereocenters. The van der Waals surface area contributed by atoms with Gasteiger partial charge >= 0.3 is 0 Å². The van der Waals surface area contributed by atoms with Crippen molar-refractivity contribution in [2.75, 3.05) is 33.3 Å². The summed E-state index contributed by atoms with van der Waals surface area (Å²) < 4.78 is 33.3. The predicted octanol–water partition coefficient (Wildman–Crippen LogP) is 11.9. The van der Waals surface area contributed by atoms with Crippen LogP contribution in [-0.2, 0) is 14.6 Å². The Bertz CT molecular complexity index is 594. The van der Waals surface area contributed by atoms with E-state index >= 15 is 0 Å². The lowest BCUT2D eigenvalue weighted by molar-refractivity contribution is -0.908. The van der Waals surface area contributed by atoms with Gasteiger partial charge in [-0.25, -0.2) is 8.42 Å². The molecule has 0 radical (unpaired) electrons. The third kappa shape index (κ3) is 39.8. The Labute approximate surface area is 272 Å². The van der Waals surface area contributed by atoms with Crippen LogP contribution in [0.3, 0.4) is 0 Å². The molecule has 0 saturated heterocycles. The van der Waals surface area contributed by atoms with Crippen molar-refractivity contribution in [3.05, 3.63) is 0 Å². The van der Waals surface area contributed by atoms with E-state index in [-0.39, 0.29) is 6.61 Å². The largest absolute Gasteiger partial charge is 0.726 e. The zero-order valence-corrected chi connectivity index (χ0v) is 30.9. The van der Waals surface area contributed by atoms with Gasteiger partial charge in [-0.2, -0.15) is 0 Å². The minimum absolute atomic E-state index is 0.0914. The van der Waals surface area contributed by atoms with Crippen molar-refractivity contribution in [1.82, 2.24) is 0 Å². The van der Waals surface area contributed by atoms with Gasteiger partial charge in [-0.3, -0.25) is 4.18 Å². The van der Waals surface area contributed by atoms with Gasteiger partial charge in [0.1, 0.15) is 0 Å². The van der Waals surface area contributed by atoms with Crippen molar-refractivity contribution in [3.8, 4) is 0 Å². The highest BCUT2D eigenvalue weighted by atomic mass is 32.3. The number of unbranched alkanes of at least 4 members (excludes halogenated alkanes) is 26. The first-order valence-electron chi connectivity index (χ1n) is 19.2. The van der Waals surface area contributed by atoms with Gasteiger partial charge in [0, 0.05) is 0 Å². The molecule has 0 fully saturated rings. The van der Waals surface area contributed by atoms with Crippen molar-refractivity contribution < 1.29 is 21.6 Å². The molecule has 5 nitrogen and oxygen atoms in total. The number of quaternary nitrogens is 1. The molecule has 0 bridgehead atoms. The second-order valence-electron chi connectivity index (χ2n) is 13.4. The monoisotopic (exact) mass is 634 g/mol. The Balaban J connectivity index is 0. The second-order valence-corrected chi connectivity index (χ2v) is 14.4. The average molecular weight is 634 g/mol. The Morgan fingerprint density at radius 3 is 0.837 bits per heavy atom. The Morgan fingerprint density at radius 2 is 0.674 bits per heavy atom. The SMILES string of the molecule is CCCCCCCCCCCCCCCC[N+](C)(CC)CCCCCCCCCCCCCCCC.CCOS(=O)(=O)[O-]. The molecule has 0 aliphatic carbocycles. The minimum atomic E-state index is -4.42. The molecule has 0 rings (SSSR count). The maximum atomic E-state index is 9.45. The van der Waals surface area contributed by atoms with E-state index in [4.69, 9.17) is 0 Å². The van der Waals surface area contributed by atoms with Crippen molar-refractivity contribution >= 4 is 10.4 Å². The summed E-state index contributed by atoms with van der Waals surface area (Å²) in [6.07, 6.45) is 41.0. The highest BCUT2D eigenvalue weighted by Gasteiger charge is 2.17. The van der Waals surface area contributed by atoms with Crippen LogP contribution in [-0.4, -0.2) is 50.7 Å². The summed E-state index contributed by atoms with van der Waals surface area (Å²) in [4.78, 5) is 0. The van der Waals surface area contributed by atoms with Gasteiger partial charge in [0.25, 0.3) is 0 Å². The Hall–Kier alpha value is -0.170. The van der Waals surface area contributed by atoms with Crippen LogP contribution in [0, 0.1) is 0 Å². The van der Waals surface area contributed by atoms with Crippen LogP contribution in [0.1, 0.15) is 207 Å². The molecule has 262 valence electrons. The molecule has 0 aromatic carbocycles. The number of rotatable bonds is 33. The lowest BCUT2D eigenvalue weighted by atomic mass is 10.0. The first-order valence-corrected chi connectivity index (χ1v) is 20.5. The zero-order valence-electron chi connectivity index (χ0n) is 30.1. The van der Waals surface area contributed by atoms with Gasteiger partial charge in [0.2, 0.25) is 10.4 Å². The topological polar surface area (TPSA) is 66.4 Å². The fourth-order valence-electron chi connectivity index (χ4n) is 5.95. The molecule has 0 aliphatic heterocycles. The molecule has 6 heteroatoms. The smallest absolute Gasteiger partial charge is 0.217 e. The fraction of sp³-hybridized carbons (Fsp3) is 1.00. The molecule has 0 aromatic rings. The van der Waals surface area contributed by atoms with E-state index < -0.39 is 10.4 Å².